The highest BCUT2D eigenvalue weighted by atomic mass is 35.5. The molecule has 0 radical (unpaired) electrons. The Morgan fingerprint density at radius 2 is 1.79 bits per heavy atom. The number of Topliss-reactive ketones (excluding diaryl/α,β-unsaturated/α-hetero) is 1. The number of alkyl halides is 1. The molecule has 0 amide bonds. The van der Waals surface area contributed by atoms with Crippen LogP contribution >= 0.6 is 11.6 Å². The van der Waals surface area contributed by atoms with Crippen molar-refractivity contribution in [2.24, 2.45) is 29.1 Å². The van der Waals surface area contributed by atoms with Crippen LogP contribution in [-0.2, 0) is 33.4 Å². The molecule has 11 atom stereocenters. The van der Waals surface area contributed by atoms with E-state index in [0.717, 1.165) is 13.8 Å². The Morgan fingerprint density at radius 3 is 2.35 bits per heavy atom. The number of allylic oxidation sites excluding steroid dienone is 1. The number of carbonyl (C=O) groups excluding carboxylic acids is 4. The van der Waals surface area contributed by atoms with Gasteiger partial charge in [-0.25, -0.2) is 0 Å². The van der Waals surface area contributed by atoms with Crippen LogP contribution in [0.4, 0.5) is 0 Å². The fourth-order valence-electron chi connectivity index (χ4n) is 6.59. The summed E-state index contributed by atoms with van der Waals surface area (Å²) in [5.74, 6) is -5.99. The maximum Gasteiger partial charge on any atom is 0.312 e. The van der Waals surface area contributed by atoms with Gasteiger partial charge in [0.15, 0.2) is 23.1 Å². The molecule has 0 aromatic heterocycles. The molecule has 0 spiro atoms. The van der Waals surface area contributed by atoms with Gasteiger partial charge in [-0.2, -0.15) is 0 Å². The predicted octanol–water partition coefficient (Wildman–Crippen LogP) is 1.08. The molecule has 3 fully saturated rings. The molecule has 4 aliphatic rings. The molecule has 2 saturated carbocycles. The van der Waals surface area contributed by atoms with E-state index in [-0.39, 0.29) is 5.57 Å². The summed E-state index contributed by atoms with van der Waals surface area (Å²) in [6, 6.07) is 0. The molecule has 1 heterocycles. The van der Waals surface area contributed by atoms with E-state index in [4.69, 9.17) is 25.8 Å². The zero-order valence-electron chi connectivity index (χ0n) is 19.6. The van der Waals surface area contributed by atoms with E-state index in [2.05, 4.69) is 6.58 Å². The molecule has 2 N–H and O–H groups in total. The van der Waals surface area contributed by atoms with Crippen molar-refractivity contribution in [3.8, 4) is 0 Å². The number of hydrogen-bond donors (Lipinski definition) is 2. The number of ketones is 1. The topological polar surface area (TPSA) is 136 Å². The third-order valence-electron chi connectivity index (χ3n) is 8.33. The van der Waals surface area contributed by atoms with E-state index in [0.29, 0.717) is 0 Å². The van der Waals surface area contributed by atoms with Crippen LogP contribution in [0, 0.1) is 29.1 Å². The molecule has 0 bridgehead atoms. The summed E-state index contributed by atoms with van der Waals surface area (Å²) in [6.45, 7) is 10.7. The molecule has 9 nitrogen and oxygen atoms in total. The van der Waals surface area contributed by atoms with Crippen molar-refractivity contribution in [3.63, 3.8) is 0 Å². The number of aliphatic hydroxyl groups excluding tert-OH is 1. The van der Waals surface area contributed by atoms with E-state index in [1.807, 2.05) is 0 Å². The standard InChI is InChI=1S/C24H29ClO9/c1-9-14(28)8-7-13-15-18(29)23(6,34-12(4)27)17(22(13,15)5)20(32-11(3)26)24(31)10(2)21(30)33-19(24)16(9)25/h7-8,10,13-17,19-20,28,31H,1H2,2-6H3/b8-7+/t10-,13-,14-,15-,16-,17+,19-,20?,22-,23-,24-/m0/s1. The van der Waals surface area contributed by atoms with Crippen molar-refractivity contribution in [2.45, 2.75) is 69.5 Å². The lowest BCUT2D eigenvalue weighted by Crippen LogP contribution is -2.65. The third-order valence-corrected chi connectivity index (χ3v) is 8.84. The Balaban J connectivity index is 2.00. The van der Waals surface area contributed by atoms with E-state index >= 15 is 0 Å². The Morgan fingerprint density at radius 1 is 1.18 bits per heavy atom. The van der Waals surface area contributed by atoms with Crippen LogP contribution in [0.2, 0.25) is 0 Å². The first kappa shape index (κ1) is 24.9. The molecule has 1 aliphatic heterocycles. The maximum absolute atomic E-state index is 13.6. The van der Waals surface area contributed by atoms with Crippen LogP contribution in [0.25, 0.3) is 0 Å². The van der Waals surface area contributed by atoms with Gasteiger partial charge in [0.2, 0.25) is 0 Å². The average molecular weight is 497 g/mol. The Bertz CT molecular complexity index is 1020. The smallest absolute Gasteiger partial charge is 0.312 e. The molecule has 10 heteroatoms. The molecular weight excluding hydrogens is 468 g/mol. The van der Waals surface area contributed by atoms with Crippen molar-refractivity contribution >= 4 is 35.3 Å². The van der Waals surface area contributed by atoms with Gasteiger partial charge in [-0.15, -0.1) is 11.6 Å². The van der Waals surface area contributed by atoms with Crippen molar-refractivity contribution in [1.29, 1.82) is 0 Å². The minimum atomic E-state index is -2.22. The Kier molecular flexibility index (Phi) is 5.59. The molecular formula is C24H29ClO9. The number of aliphatic hydroxyl groups is 2. The number of esters is 3. The van der Waals surface area contributed by atoms with Gasteiger partial charge in [-0.05, 0) is 30.8 Å². The van der Waals surface area contributed by atoms with Gasteiger partial charge in [0.05, 0.1) is 23.3 Å². The SMILES string of the molecule is C=C1[C@@H](O)/C=C/[C@H]2[C@H]3C(=O)[C@@](C)(OC(C)=O)[C@H](C(OC(C)=O)[C@]4(O)[C@@H](C)C(=O)O[C@H]4[C@H]1Cl)[C@]32C. The van der Waals surface area contributed by atoms with Gasteiger partial charge in [0.25, 0.3) is 0 Å². The van der Waals surface area contributed by atoms with Gasteiger partial charge in [0.1, 0.15) is 6.10 Å². The summed E-state index contributed by atoms with van der Waals surface area (Å²) < 4.78 is 16.7. The first-order valence-corrected chi connectivity index (χ1v) is 11.6. The minimum absolute atomic E-state index is 0.0653. The van der Waals surface area contributed by atoms with Crippen LogP contribution in [0.1, 0.15) is 34.6 Å². The van der Waals surface area contributed by atoms with Gasteiger partial charge in [-0.1, -0.05) is 25.7 Å². The molecule has 0 aromatic rings. The zero-order valence-corrected chi connectivity index (χ0v) is 20.4. The first-order chi connectivity index (χ1) is 15.6. The molecule has 3 aliphatic carbocycles. The monoisotopic (exact) mass is 496 g/mol. The molecule has 4 rings (SSSR count). The number of rotatable bonds is 2. The minimum Gasteiger partial charge on any atom is -0.459 e. The van der Waals surface area contributed by atoms with Crippen molar-refractivity contribution in [3.05, 3.63) is 24.3 Å². The van der Waals surface area contributed by atoms with Gasteiger partial charge in [-0.3, -0.25) is 19.2 Å². The third kappa shape index (κ3) is 3.06. The highest BCUT2D eigenvalue weighted by Crippen LogP contribution is 2.75. The fourth-order valence-corrected chi connectivity index (χ4v) is 6.97. The Labute approximate surface area is 202 Å². The van der Waals surface area contributed by atoms with Crippen molar-refractivity contribution < 1.29 is 43.6 Å². The second kappa shape index (κ2) is 7.63. The van der Waals surface area contributed by atoms with Crippen LogP contribution in [-0.4, -0.2) is 68.8 Å². The first-order valence-electron chi connectivity index (χ1n) is 11.2. The van der Waals surface area contributed by atoms with Crippen molar-refractivity contribution in [1.82, 2.24) is 0 Å². The quantitative estimate of drug-likeness (QED) is 0.249. The van der Waals surface area contributed by atoms with E-state index < -0.39 is 87.7 Å². The van der Waals surface area contributed by atoms with E-state index in [1.165, 1.54) is 19.9 Å². The summed E-state index contributed by atoms with van der Waals surface area (Å²) in [6.07, 6.45) is -1.10. The summed E-state index contributed by atoms with van der Waals surface area (Å²) in [5, 5.41) is 21.6. The average Bonchev–Trinajstić information content (AvgIpc) is 3.19. The molecule has 0 aromatic carbocycles. The van der Waals surface area contributed by atoms with Gasteiger partial charge in [0, 0.05) is 19.8 Å². The van der Waals surface area contributed by atoms with Crippen LogP contribution in [0.5, 0.6) is 0 Å². The summed E-state index contributed by atoms with van der Waals surface area (Å²) in [5.41, 5.74) is -4.83. The number of halogens is 1. The number of carbonyl (C=O) groups is 4. The summed E-state index contributed by atoms with van der Waals surface area (Å²) in [7, 11) is 0. The molecule has 1 saturated heterocycles. The number of fused-ring (bicyclic) bond motifs is 2. The lowest BCUT2D eigenvalue weighted by molar-refractivity contribution is -0.214. The zero-order chi connectivity index (χ0) is 25.5. The van der Waals surface area contributed by atoms with Crippen LogP contribution < -0.4 is 0 Å². The normalized spacial score (nSPS) is 50.4. The van der Waals surface area contributed by atoms with E-state index in [9.17, 15) is 29.4 Å². The largest absolute Gasteiger partial charge is 0.459 e. The Hall–Kier alpha value is -2.23. The highest BCUT2D eigenvalue weighted by molar-refractivity contribution is 6.23. The number of ether oxygens (including phenoxy) is 3. The van der Waals surface area contributed by atoms with Crippen LogP contribution in [0.15, 0.2) is 24.3 Å². The lowest BCUT2D eigenvalue weighted by Gasteiger charge is -2.47. The summed E-state index contributed by atoms with van der Waals surface area (Å²) >= 11 is 6.59. The van der Waals surface area contributed by atoms with E-state index in [1.54, 1.807) is 13.0 Å². The number of hydrogen-bond acceptors (Lipinski definition) is 9. The molecule has 186 valence electrons. The van der Waals surface area contributed by atoms with Crippen molar-refractivity contribution in [2.75, 3.05) is 0 Å². The van der Waals surface area contributed by atoms with Gasteiger partial charge >= 0.3 is 17.9 Å². The predicted molar refractivity (Wildman–Crippen MR) is 117 cm³/mol. The van der Waals surface area contributed by atoms with Crippen LogP contribution in [0.3, 0.4) is 0 Å². The van der Waals surface area contributed by atoms with Gasteiger partial charge < -0.3 is 24.4 Å². The second-order valence-electron chi connectivity index (χ2n) is 10.2. The summed E-state index contributed by atoms with van der Waals surface area (Å²) in [4.78, 5) is 50.7. The maximum atomic E-state index is 13.6. The highest BCUT2D eigenvalue weighted by Gasteiger charge is 2.84. The molecule has 1 unspecified atom stereocenters. The fraction of sp³-hybridized carbons (Fsp3) is 0.667. The lowest BCUT2D eigenvalue weighted by atomic mass is 9.66. The molecule has 34 heavy (non-hydrogen) atoms. The second-order valence-corrected chi connectivity index (χ2v) is 10.7.